The van der Waals surface area contributed by atoms with Gasteiger partial charge in [0.05, 0.1) is 12.8 Å². The normalized spacial score (nSPS) is 13.0. The molecule has 118 valence electrons. The number of nitrogens with one attached hydrogen (secondary N) is 4. The van der Waals surface area contributed by atoms with Crippen molar-refractivity contribution in [2.75, 3.05) is 12.4 Å². The van der Waals surface area contributed by atoms with E-state index in [1.807, 2.05) is 5.43 Å². The first-order valence-electron chi connectivity index (χ1n) is 6.51. The van der Waals surface area contributed by atoms with E-state index in [1.54, 1.807) is 12.1 Å². The third-order valence-electron chi connectivity index (χ3n) is 2.82. The van der Waals surface area contributed by atoms with E-state index >= 15 is 0 Å². The van der Waals surface area contributed by atoms with Crippen LogP contribution in [0.15, 0.2) is 18.2 Å². The van der Waals surface area contributed by atoms with Gasteiger partial charge in [-0.25, -0.2) is 10.2 Å². The number of hydrogen-bond acceptors (Lipinski definition) is 4. The van der Waals surface area contributed by atoms with E-state index in [1.165, 1.54) is 13.2 Å². The quantitative estimate of drug-likeness (QED) is 0.486. The summed E-state index contributed by atoms with van der Waals surface area (Å²) in [7, 11) is 1.44. The first-order valence-corrected chi connectivity index (χ1v) is 6.88. The van der Waals surface area contributed by atoms with Gasteiger partial charge in [-0.1, -0.05) is 11.6 Å². The van der Waals surface area contributed by atoms with Crippen LogP contribution in [0.2, 0.25) is 5.02 Å². The monoisotopic (exact) mass is 326 g/mol. The van der Waals surface area contributed by atoms with E-state index in [4.69, 9.17) is 16.3 Å². The number of carbonyl (C=O) groups is 3. The molecule has 4 amide bonds. The second-order valence-corrected chi connectivity index (χ2v) is 5.06. The van der Waals surface area contributed by atoms with Crippen molar-refractivity contribution in [1.29, 1.82) is 0 Å². The topological polar surface area (TPSA) is 109 Å². The lowest BCUT2D eigenvalue weighted by molar-refractivity contribution is -0.139. The Morgan fingerprint density at radius 3 is 2.55 bits per heavy atom. The number of amides is 4. The number of urea groups is 1. The highest BCUT2D eigenvalue weighted by atomic mass is 35.5. The van der Waals surface area contributed by atoms with Crippen LogP contribution < -0.4 is 26.2 Å². The summed E-state index contributed by atoms with van der Waals surface area (Å²) in [6, 6.07) is 3.99. The van der Waals surface area contributed by atoms with Crippen LogP contribution in [0.25, 0.3) is 0 Å². The number of methoxy groups -OCH3 is 1. The van der Waals surface area contributed by atoms with E-state index in [0.29, 0.717) is 16.5 Å². The molecule has 8 nitrogen and oxygen atoms in total. The molecular weight excluding hydrogens is 312 g/mol. The summed E-state index contributed by atoms with van der Waals surface area (Å²) >= 11 is 5.83. The summed E-state index contributed by atoms with van der Waals surface area (Å²) in [5.74, 6) is -1.33. The third-order valence-corrected chi connectivity index (χ3v) is 3.05. The lowest BCUT2D eigenvalue weighted by Crippen LogP contribution is -2.50. The molecule has 9 heteroatoms. The maximum absolute atomic E-state index is 11.7. The van der Waals surface area contributed by atoms with Crippen molar-refractivity contribution in [2.24, 2.45) is 0 Å². The predicted molar refractivity (Wildman–Crippen MR) is 79.5 cm³/mol. The molecule has 1 aromatic rings. The molecule has 0 unspecified atom stereocenters. The molecule has 4 N–H and O–H groups in total. The van der Waals surface area contributed by atoms with Gasteiger partial charge in [0.2, 0.25) is 0 Å². The molecule has 1 aliphatic rings. The number of ether oxygens (including phenoxy) is 1. The molecule has 0 saturated heterocycles. The van der Waals surface area contributed by atoms with Gasteiger partial charge in [-0.05, 0) is 31.0 Å². The molecule has 0 aliphatic heterocycles. The molecule has 0 atom stereocenters. The summed E-state index contributed by atoms with van der Waals surface area (Å²) in [5.41, 5.74) is 4.39. The van der Waals surface area contributed by atoms with Gasteiger partial charge >= 0.3 is 17.8 Å². The second-order valence-electron chi connectivity index (χ2n) is 4.63. The van der Waals surface area contributed by atoms with Crippen LogP contribution in [0, 0.1) is 0 Å². The largest absolute Gasteiger partial charge is 0.495 e. The van der Waals surface area contributed by atoms with Crippen LogP contribution >= 0.6 is 11.6 Å². The van der Waals surface area contributed by atoms with Crippen molar-refractivity contribution < 1.29 is 19.1 Å². The minimum absolute atomic E-state index is 0.0581. The van der Waals surface area contributed by atoms with Crippen molar-refractivity contribution in [3.63, 3.8) is 0 Å². The minimum Gasteiger partial charge on any atom is -0.495 e. The summed E-state index contributed by atoms with van der Waals surface area (Å²) in [6.45, 7) is 0. The van der Waals surface area contributed by atoms with Crippen LogP contribution in [0.3, 0.4) is 0 Å². The molecule has 2 rings (SSSR count). The highest BCUT2D eigenvalue weighted by Crippen LogP contribution is 2.27. The molecule has 1 saturated carbocycles. The molecule has 22 heavy (non-hydrogen) atoms. The molecule has 0 aromatic heterocycles. The maximum Gasteiger partial charge on any atom is 0.338 e. The molecular formula is C13H15ClN4O4. The number of hydrogen-bond donors (Lipinski definition) is 4. The fourth-order valence-corrected chi connectivity index (χ4v) is 1.75. The fraction of sp³-hybridized carbons (Fsp3) is 0.308. The lowest BCUT2D eigenvalue weighted by atomic mass is 10.3. The highest BCUT2D eigenvalue weighted by Gasteiger charge is 2.26. The minimum atomic E-state index is -0.944. The Balaban J connectivity index is 1.83. The zero-order valence-corrected chi connectivity index (χ0v) is 12.5. The predicted octanol–water partition coefficient (Wildman–Crippen LogP) is 0.780. The van der Waals surface area contributed by atoms with Crippen molar-refractivity contribution in [1.82, 2.24) is 16.2 Å². The van der Waals surface area contributed by atoms with E-state index in [0.717, 1.165) is 12.8 Å². The van der Waals surface area contributed by atoms with Crippen LogP contribution in [0.1, 0.15) is 12.8 Å². The van der Waals surface area contributed by atoms with Crippen LogP contribution in [0.5, 0.6) is 5.75 Å². The van der Waals surface area contributed by atoms with Gasteiger partial charge in [-0.15, -0.1) is 0 Å². The Hall–Kier alpha value is -2.48. The molecule has 0 heterocycles. The molecule has 0 bridgehead atoms. The average molecular weight is 327 g/mol. The van der Waals surface area contributed by atoms with Gasteiger partial charge in [-0.2, -0.15) is 0 Å². The van der Waals surface area contributed by atoms with Gasteiger partial charge in [0.15, 0.2) is 0 Å². The van der Waals surface area contributed by atoms with Crippen molar-refractivity contribution >= 4 is 35.1 Å². The van der Waals surface area contributed by atoms with E-state index < -0.39 is 17.8 Å². The highest BCUT2D eigenvalue weighted by molar-refractivity contribution is 6.35. The van der Waals surface area contributed by atoms with Crippen molar-refractivity contribution in [3.8, 4) is 5.75 Å². The summed E-state index contributed by atoms with van der Waals surface area (Å²) in [6.07, 6.45) is 1.73. The van der Waals surface area contributed by atoms with Gasteiger partial charge < -0.3 is 15.4 Å². The van der Waals surface area contributed by atoms with Gasteiger partial charge in [0.1, 0.15) is 5.75 Å². The number of hydrazine groups is 1. The maximum atomic E-state index is 11.7. The summed E-state index contributed by atoms with van der Waals surface area (Å²) in [4.78, 5) is 34.5. The zero-order valence-electron chi connectivity index (χ0n) is 11.7. The zero-order chi connectivity index (χ0) is 16.1. The van der Waals surface area contributed by atoms with Crippen molar-refractivity contribution in [3.05, 3.63) is 23.2 Å². The Morgan fingerprint density at radius 1 is 1.18 bits per heavy atom. The third kappa shape index (κ3) is 4.52. The second kappa shape index (κ2) is 6.99. The fourth-order valence-electron chi connectivity index (χ4n) is 1.58. The Bertz CT molecular complexity index is 604. The van der Waals surface area contributed by atoms with Crippen LogP contribution in [0.4, 0.5) is 10.5 Å². The number of benzene rings is 1. The number of halogens is 1. The molecule has 1 fully saturated rings. The van der Waals surface area contributed by atoms with E-state index in [9.17, 15) is 14.4 Å². The Morgan fingerprint density at radius 2 is 1.91 bits per heavy atom. The summed E-state index contributed by atoms with van der Waals surface area (Å²) in [5, 5.41) is 5.34. The number of anilines is 1. The van der Waals surface area contributed by atoms with Gasteiger partial charge in [0, 0.05) is 11.1 Å². The number of rotatable bonds is 3. The summed E-state index contributed by atoms with van der Waals surface area (Å²) < 4.78 is 5.06. The molecule has 0 radical (unpaired) electrons. The van der Waals surface area contributed by atoms with Crippen LogP contribution in [-0.4, -0.2) is 31.0 Å². The first kappa shape index (κ1) is 15.9. The van der Waals surface area contributed by atoms with Gasteiger partial charge in [0.25, 0.3) is 0 Å². The number of carbonyl (C=O) groups excluding carboxylic acids is 3. The Kier molecular flexibility index (Phi) is 5.05. The van der Waals surface area contributed by atoms with E-state index in [2.05, 4.69) is 16.1 Å². The van der Waals surface area contributed by atoms with Gasteiger partial charge in [-0.3, -0.25) is 15.0 Å². The first-order chi connectivity index (χ1) is 10.5. The van der Waals surface area contributed by atoms with E-state index in [-0.39, 0.29) is 6.04 Å². The molecule has 1 aliphatic carbocycles. The van der Waals surface area contributed by atoms with Crippen LogP contribution in [-0.2, 0) is 9.59 Å². The molecule has 1 aromatic carbocycles. The van der Waals surface area contributed by atoms with Crippen molar-refractivity contribution in [2.45, 2.75) is 18.9 Å². The molecule has 0 spiro atoms. The smallest absolute Gasteiger partial charge is 0.338 e. The lowest BCUT2D eigenvalue weighted by Gasteiger charge is -2.12. The average Bonchev–Trinajstić information content (AvgIpc) is 3.29. The Labute approximate surface area is 131 Å². The SMILES string of the molecule is COc1ccc(Cl)cc1NC(=O)NNC(=O)C(=O)NC1CC1. The standard InChI is InChI=1S/C13H15ClN4O4/c1-22-10-5-2-7(14)6-9(10)16-13(21)18-17-12(20)11(19)15-8-3-4-8/h2,5-6,8H,3-4H2,1H3,(H,15,19)(H,17,20)(H2,16,18,21).